The van der Waals surface area contributed by atoms with E-state index in [0.29, 0.717) is 11.8 Å². The second-order valence-electron chi connectivity index (χ2n) is 9.44. The van der Waals surface area contributed by atoms with Gasteiger partial charge in [0.05, 0.1) is 0 Å². The smallest absolute Gasteiger partial charge is 0.0213 e. The largest absolute Gasteiger partial charge is 0.0776 e. The molecule has 144 valence electrons. The number of hydrogen-bond donors (Lipinski definition) is 0. The van der Waals surface area contributed by atoms with Crippen LogP contribution in [0.25, 0.3) is 0 Å². The predicted molar refractivity (Wildman–Crippen MR) is 117 cm³/mol. The second kappa shape index (κ2) is 6.80. The first-order chi connectivity index (χ1) is 12.5. The van der Waals surface area contributed by atoms with Crippen molar-refractivity contribution < 1.29 is 0 Å². The van der Waals surface area contributed by atoms with Crippen LogP contribution in [0.3, 0.4) is 0 Å². The van der Waals surface area contributed by atoms with Crippen LogP contribution in [0.2, 0.25) is 0 Å². The molecule has 0 fully saturated rings. The zero-order chi connectivity index (χ0) is 18.0. The van der Waals surface area contributed by atoms with Crippen molar-refractivity contribution in [2.24, 2.45) is 0 Å². The molecule has 0 aromatic heterocycles. The average Bonchev–Trinajstić information content (AvgIpc) is 2.56. The predicted octanol–water partition coefficient (Wildman–Crippen LogP) is 6.65. The normalized spacial score (nSPS) is 16.8. The van der Waals surface area contributed by atoms with Crippen LogP contribution >= 0.6 is 0 Å². The summed E-state index contributed by atoms with van der Waals surface area (Å²) in [6, 6.07) is 5.26. The SMILES string of the molecule is C.CC(C)c1c2c3cc4c1CCc1cc(c(c(C(C)C)c1CC4)CC3)CC2. The molecule has 2 aromatic carbocycles. The van der Waals surface area contributed by atoms with Crippen LogP contribution in [0.15, 0.2) is 12.1 Å². The summed E-state index contributed by atoms with van der Waals surface area (Å²) in [6.45, 7) is 9.69. The molecule has 0 radical (unpaired) electrons. The molecule has 2 aliphatic rings. The van der Waals surface area contributed by atoms with Crippen molar-refractivity contribution in [3.8, 4) is 0 Å². The van der Waals surface area contributed by atoms with Crippen molar-refractivity contribution in [1.82, 2.24) is 0 Å². The highest BCUT2D eigenvalue weighted by atomic mass is 14.3. The van der Waals surface area contributed by atoms with Crippen molar-refractivity contribution >= 4 is 0 Å². The minimum atomic E-state index is 0. The third kappa shape index (κ3) is 2.79. The highest BCUT2D eigenvalue weighted by Gasteiger charge is 2.28. The summed E-state index contributed by atoms with van der Waals surface area (Å²) in [5.74, 6) is 1.31. The summed E-state index contributed by atoms with van der Waals surface area (Å²) in [5, 5.41) is 0. The molecule has 0 heterocycles. The highest BCUT2D eigenvalue weighted by molar-refractivity contribution is 5.56. The Hall–Kier alpha value is -1.56. The van der Waals surface area contributed by atoms with Gasteiger partial charge in [-0.3, -0.25) is 0 Å². The summed E-state index contributed by atoms with van der Waals surface area (Å²) >= 11 is 0. The number of rotatable bonds is 2. The van der Waals surface area contributed by atoms with Crippen LogP contribution in [-0.2, 0) is 51.4 Å². The summed E-state index contributed by atoms with van der Waals surface area (Å²) in [4.78, 5) is 0. The van der Waals surface area contributed by atoms with Crippen molar-refractivity contribution in [3.63, 3.8) is 0 Å². The van der Waals surface area contributed by atoms with E-state index in [2.05, 4.69) is 39.8 Å². The van der Waals surface area contributed by atoms with Gasteiger partial charge in [-0.25, -0.2) is 0 Å². The zero-order valence-corrected chi connectivity index (χ0v) is 17.0. The van der Waals surface area contributed by atoms with E-state index in [0.717, 1.165) is 0 Å². The average molecular weight is 361 g/mol. The summed E-state index contributed by atoms with van der Waals surface area (Å²) in [6.07, 6.45) is 9.97. The highest BCUT2D eigenvalue weighted by Crippen LogP contribution is 2.41. The third-order valence-corrected chi connectivity index (χ3v) is 7.28. The Bertz CT molecular complexity index is 759. The molecule has 0 saturated carbocycles. The molecule has 0 saturated heterocycles. The van der Waals surface area contributed by atoms with Crippen molar-refractivity contribution in [2.75, 3.05) is 0 Å². The molecule has 0 bridgehead atoms. The lowest BCUT2D eigenvalue weighted by Gasteiger charge is -2.33. The van der Waals surface area contributed by atoms with Gasteiger partial charge in [0.2, 0.25) is 0 Å². The number of benzene rings is 2. The quantitative estimate of drug-likeness (QED) is 0.562. The summed E-state index contributed by atoms with van der Waals surface area (Å²) in [5.41, 5.74) is 17.1. The molecule has 0 amide bonds. The first-order valence-electron chi connectivity index (χ1n) is 10.9. The van der Waals surface area contributed by atoms with E-state index in [4.69, 9.17) is 0 Å². The van der Waals surface area contributed by atoms with Gasteiger partial charge in [-0.05, 0) is 119 Å². The Morgan fingerprint density at radius 2 is 0.741 bits per heavy atom. The van der Waals surface area contributed by atoms with Gasteiger partial charge in [0.1, 0.15) is 0 Å². The van der Waals surface area contributed by atoms with Gasteiger partial charge in [-0.1, -0.05) is 47.3 Å². The van der Waals surface area contributed by atoms with E-state index in [1.165, 1.54) is 51.4 Å². The molecular formula is C27H36. The van der Waals surface area contributed by atoms with Crippen molar-refractivity contribution in [2.45, 2.75) is 98.3 Å². The van der Waals surface area contributed by atoms with E-state index < -0.39 is 0 Å². The molecule has 0 spiro atoms. The monoisotopic (exact) mass is 360 g/mol. The summed E-state index contributed by atoms with van der Waals surface area (Å²) < 4.78 is 0. The van der Waals surface area contributed by atoms with Crippen LogP contribution in [0.1, 0.15) is 103 Å². The van der Waals surface area contributed by atoms with Gasteiger partial charge in [-0.2, -0.15) is 0 Å². The van der Waals surface area contributed by atoms with Gasteiger partial charge >= 0.3 is 0 Å². The molecule has 0 unspecified atom stereocenters. The maximum atomic E-state index is 2.63. The fourth-order valence-corrected chi connectivity index (χ4v) is 6.33. The molecule has 0 nitrogen and oxygen atoms in total. The van der Waals surface area contributed by atoms with E-state index >= 15 is 0 Å². The van der Waals surface area contributed by atoms with Gasteiger partial charge < -0.3 is 0 Å². The van der Waals surface area contributed by atoms with Crippen molar-refractivity contribution in [3.05, 3.63) is 67.8 Å². The molecule has 4 rings (SSSR count). The topological polar surface area (TPSA) is 0 Å². The van der Waals surface area contributed by atoms with E-state index in [1.807, 2.05) is 0 Å². The molecule has 0 atom stereocenters. The Kier molecular flexibility index (Phi) is 4.73. The van der Waals surface area contributed by atoms with Gasteiger partial charge in [0.15, 0.2) is 0 Å². The summed E-state index contributed by atoms with van der Waals surface area (Å²) in [7, 11) is 0. The van der Waals surface area contributed by atoms with E-state index in [-0.39, 0.29) is 7.43 Å². The molecule has 0 heteroatoms. The molecular weight excluding hydrogens is 324 g/mol. The third-order valence-electron chi connectivity index (χ3n) is 7.28. The molecule has 0 N–H and O–H groups in total. The lowest BCUT2D eigenvalue weighted by atomic mass is 9.71. The van der Waals surface area contributed by atoms with Crippen LogP contribution in [0.5, 0.6) is 0 Å². The zero-order valence-electron chi connectivity index (χ0n) is 17.0. The van der Waals surface area contributed by atoms with E-state index in [9.17, 15) is 0 Å². The first kappa shape index (κ1) is 18.8. The lowest BCUT2D eigenvalue weighted by Crippen LogP contribution is -2.22. The van der Waals surface area contributed by atoms with Crippen LogP contribution in [-0.4, -0.2) is 0 Å². The van der Waals surface area contributed by atoms with E-state index in [1.54, 1.807) is 55.6 Å². The fourth-order valence-electron chi connectivity index (χ4n) is 6.33. The van der Waals surface area contributed by atoms with Crippen molar-refractivity contribution in [1.29, 1.82) is 0 Å². The standard InChI is InChI=1S/C26H32.CH4/c1-15(2)25-21-9-5-19-14-20-6-10-22(25)18-8-12-24(20)26(16(3)4)23(19)11-7-17(21)13-18;/h13-16H,5-12H2,1-4H3;1H4. The molecule has 2 aromatic rings. The Morgan fingerprint density at radius 1 is 0.481 bits per heavy atom. The Morgan fingerprint density at radius 3 is 0.963 bits per heavy atom. The van der Waals surface area contributed by atoms with Gasteiger partial charge in [0.25, 0.3) is 0 Å². The maximum absolute atomic E-state index is 2.63. The van der Waals surface area contributed by atoms with Crippen LogP contribution in [0, 0.1) is 0 Å². The van der Waals surface area contributed by atoms with Crippen LogP contribution < -0.4 is 0 Å². The minimum Gasteiger partial charge on any atom is -0.0776 e. The minimum absolute atomic E-state index is 0. The first-order valence-corrected chi connectivity index (χ1v) is 10.9. The Labute approximate surface area is 166 Å². The fraction of sp³-hybridized carbons (Fsp3) is 0.556. The number of aryl methyl sites for hydroxylation is 4. The molecule has 0 aliphatic heterocycles. The number of fused-ring (bicyclic) bond motifs is 4. The maximum Gasteiger partial charge on any atom is -0.0213 e. The second-order valence-corrected chi connectivity index (χ2v) is 9.44. The lowest BCUT2D eigenvalue weighted by molar-refractivity contribution is 0.706. The van der Waals surface area contributed by atoms with Gasteiger partial charge in [0, 0.05) is 0 Å². The number of hydrogen-bond acceptors (Lipinski definition) is 0. The van der Waals surface area contributed by atoms with Crippen LogP contribution in [0.4, 0.5) is 0 Å². The molecule has 2 aliphatic carbocycles. The Balaban J connectivity index is 0.00000180. The van der Waals surface area contributed by atoms with Gasteiger partial charge in [-0.15, -0.1) is 0 Å². The molecule has 27 heavy (non-hydrogen) atoms.